The minimum atomic E-state index is -0.412. The third-order valence-corrected chi connectivity index (χ3v) is 4.33. The van der Waals surface area contributed by atoms with Crippen molar-refractivity contribution in [3.8, 4) is 0 Å². The first-order chi connectivity index (χ1) is 9.83. The van der Waals surface area contributed by atoms with Crippen LogP contribution in [0.15, 0.2) is 18.2 Å². The van der Waals surface area contributed by atoms with Crippen molar-refractivity contribution in [2.45, 2.75) is 58.0 Å². The normalized spacial score (nSPS) is 19.3. The zero-order chi connectivity index (χ0) is 15.2. The van der Waals surface area contributed by atoms with Gasteiger partial charge in [-0.2, -0.15) is 0 Å². The highest BCUT2D eigenvalue weighted by molar-refractivity contribution is 5.69. The van der Waals surface area contributed by atoms with E-state index < -0.39 is 5.60 Å². The van der Waals surface area contributed by atoms with Crippen LogP contribution in [0.5, 0.6) is 0 Å². The van der Waals surface area contributed by atoms with Gasteiger partial charge < -0.3 is 9.64 Å². The van der Waals surface area contributed by atoms with E-state index in [1.54, 1.807) is 4.90 Å². The summed E-state index contributed by atoms with van der Waals surface area (Å²) in [6, 6.07) is 6.82. The monoisotopic (exact) mass is 287 g/mol. The number of aryl methyl sites for hydroxylation is 1. The van der Waals surface area contributed by atoms with Crippen LogP contribution in [-0.4, -0.2) is 29.7 Å². The summed E-state index contributed by atoms with van der Waals surface area (Å²) in [6.45, 7) is 9.48. The van der Waals surface area contributed by atoms with Gasteiger partial charge in [0.25, 0.3) is 0 Å². The van der Waals surface area contributed by atoms with Gasteiger partial charge in [-0.05, 0) is 63.1 Å². The number of hydrogen-bond donors (Lipinski definition) is 0. The van der Waals surface area contributed by atoms with Crippen LogP contribution in [0.2, 0.25) is 0 Å². The maximum absolute atomic E-state index is 12.0. The number of carbonyl (C=O) groups is 1. The smallest absolute Gasteiger partial charge is 0.410 e. The first-order valence-corrected chi connectivity index (χ1v) is 7.92. The predicted octanol–water partition coefficient (Wildman–Crippen LogP) is 4.21. The van der Waals surface area contributed by atoms with Gasteiger partial charge in [0.15, 0.2) is 0 Å². The third kappa shape index (κ3) is 3.22. The van der Waals surface area contributed by atoms with Gasteiger partial charge in [-0.15, -0.1) is 0 Å². The first-order valence-electron chi connectivity index (χ1n) is 7.92. The number of rotatable bonds is 2. The van der Waals surface area contributed by atoms with Crippen molar-refractivity contribution in [2.75, 3.05) is 13.1 Å². The fourth-order valence-electron chi connectivity index (χ4n) is 2.91. The highest BCUT2D eigenvalue weighted by Gasteiger charge is 2.35. The molecule has 1 heterocycles. The molecule has 1 aromatic rings. The molecule has 0 unspecified atom stereocenters. The lowest BCUT2D eigenvalue weighted by molar-refractivity contribution is 0.00819. The Bertz CT molecular complexity index is 549. The molecule has 0 atom stereocenters. The molecule has 0 spiro atoms. The van der Waals surface area contributed by atoms with Gasteiger partial charge in [0, 0.05) is 19.0 Å². The van der Waals surface area contributed by atoms with Crippen molar-refractivity contribution in [2.24, 2.45) is 0 Å². The molecule has 1 saturated carbocycles. The summed E-state index contributed by atoms with van der Waals surface area (Å²) >= 11 is 0. The summed E-state index contributed by atoms with van der Waals surface area (Å²) in [5.41, 5.74) is 3.89. The maximum atomic E-state index is 12.0. The third-order valence-electron chi connectivity index (χ3n) is 4.33. The number of ether oxygens (including phenoxy) is 1. The number of amides is 1. The van der Waals surface area contributed by atoms with Crippen LogP contribution in [0.3, 0.4) is 0 Å². The van der Waals surface area contributed by atoms with Gasteiger partial charge in [0.05, 0.1) is 0 Å². The summed E-state index contributed by atoms with van der Waals surface area (Å²) in [4.78, 5) is 13.8. The Morgan fingerprint density at radius 1 is 1.19 bits per heavy atom. The summed E-state index contributed by atoms with van der Waals surface area (Å²) in [6.07, 6.45) is 2.48. The van der Waals surface area contributed by atoms with E-state index in [0.717, 1.165) is 19.0 Å². The Kier molecular flexibility index (Phi) is 3.46. The van der Waals surface area contributed by atoms with E-state index in [9.17, 15) is 4.79 Å². The highest BCUT2D eigenvalue weighted by atomic mass is 16.6. The Hall–Kier alpha value is -1.51. The summed E-state index contributed by atoms with van der Waals surface area (Å²) in [5.74, 6) is 1.25. The van der Waals surface area contributed by atoms with Crippen molar-refractivity contribution >= 4 is 6.09 Å². The molecule has 0 bridgehead atoms. The summed E-state index contributed by atoms with van der Waals surface area (Å²) < 4.78 is 5.40. The molecule has 21 heavy (non-hydrogen) atoms. The molecule has 1 aliphatic heterocycles. The van der Waals surface area contributed by atoms with Crippen LogP contribution < -0.4 is 0 Å². The van der Waals surface area contributed by atoms with E-state index in [2.05, 4.69) is 25.1 Å². The molecule has 2 aliphatic rings. The fourth-order valence-corrected chi connectivity index (χ4v) is 2.91. The lowest BCUT2D eigenvalue weighted by atomic mass is 9.88. The Labute approximate surface area is 127 Å². The first kappa shape index (κ1) is 14.4. The second kappa shape index (κ2) is 5.04. The van der Waals surface area contributed by atoms with Gasteiger partial charge in [-0.25, -0.2) is 4.79 Å². The number of hydrogen-bond acceptors (Lipinski definition) is 2. The van der Waals surface area contributed by atoms with Crippen LogP contribution in [0.25, 0.3) is 0 Å². The van der Waals surface area contributed by atoms with E-state index in [1.165, 1.54) is 29.5 Å². The quantitative estimate of drug-likeness (QED) is 0.815. The van der Waals surface area contributed by atoms with Crippen LogP contribution >= 0.6 is 0 Å². The lowest BCUT2D eigenvalue weighted by Gasteiger charge is -2.40. The average Bonchev–Trinajstić information content (AvgIpc) is 3.10. The largest absolute Gasteiger partial charge is 0.444 e. The van der Waals surface area contributed by atoms with Gasteiger partial charge >= 0.3 is 6.09 Å². The van der Waals surface area contributed by atoms with Crippen LogP contribution in [-0.2, 0) is 4.74 Å². The lowest BCUT2D eigenvalue weighted by Crippen LogP contribution is -2.50. The van der Waals surface area contributed by atoms with Crippen LogP contribution in [0.1, 0.15) is 62.1 Å². The minimum Gasteiger partial charge on any atom is -0.444 e. The number of likely N-dealkylation sites (tertiary alicyclic amines) is 1. The molecule has 114 valence electrons. The molecule has 1 aliphatic carbocycles. The van der Waals surface area contributed by atoms with Gasteiger partial charge in [-0.1, -0.05) is 18.2 Å². The zero-order valence-corrected chi connectivity index (χ0v) is 13.5. The summed E-state index contributed by atoms with van der Waals surface area (Å²) in [5, 5.41) is 0. The Morgan fingerprint density at radius 3 is 2.43 bits per heavy atom. The molecule has 0 aromatic heterocycles. The molecule has 3 nitrogen and oxygen atoms in total. The van der Waals surface area contributed by atoms with E-state index >= 15 is 0 Å². The van der Waals surface area contributed by atoms with Gasteiger partial charge in [0.1, 0.15) is 5.60 Å². The Morgan fingerprint density at radius 2 is 1.86 bits per heavy atom. The van der Waals surface area contributed by atoms with Crippen molar-refractivity contribution in [3.05, 3.63) is 34.9 Å². The van der Waals surface area contributed by atoms with E-state index in [1.807, 2.05) is 20.8 Å². The molecule has 0 radical (unpaired) electrons. The highest BCUT2D eigenvalue weighted by Crippen LogP contribution is 2.43. The number of carbonyl (C=O) groups excluding carboxylic acids is 1. The second-order valence-electron chi connectivity index (χ2n) is 7.47. The van der Waals surface area contributed by atoms with Crippen molar-refractivity contribution in [1.82, 2.24) is 4.90 Å². The Balaban J connectivity index is 1.61. The maximum Gasteiger partial charge on any atom is 0.410 e. The predicted molar refractivity (Wildman–Crippen MR) is 83.7 cm³/mol. The van der Waals surface area contributed by atoms with E-state index in [0.29, 0.717) is 5.92 Å². The molecular formula is C18H25NO2. The number of nitrogens with zero attached hydrogens (tertiary/aromatic N) is 1. The standard InChI is InChI=1S/C18H25NO2/c1-12-5-6-14(9-16(12)13-7-8-13)15-10-19(11-15)17(20)21-18(2,3)4/h5-6,9,13,15H,7-8,10-11H2,1-4H3. The topological polar surface area (TPSA) is 29.5 Å². The molecule has 3 heteroatoms. The second-order valence-corrected chi connectivity index (χ2v) is 7.47. The fraction of sp³-hybridized carbons (Fsp3) is 0.611. The average molecular weight is 287 g/mol. The van der Waals surface area contributed by atoms with Gasteiger partial charge in [-0.3, -0.25) is 0 Å². The number of benzene rings is 1. The molecule has 1 saturated heterocycles. The van der Waals surface area contributed by atoms with Crippen LogP contribution in [0, 0.1) is 6.92 Å². The molecule has 3 rings (SSSR count). The molecular weight excluding hydrogens is 262 g/mol. The van der Waals surface area contributed by atoms with Crippen LogP contribution in [0.4, 0.5) is 4.79 Å². The van der Waals surface area contributed by atoms with Crippen molar-refractivity contribution < 1.29 is 9.53 Å². The van der Waals surface area contributed by atoms with Gasteiger partial charge in [0.2, 0.25) is 0 Å². The molecule has 2 fully saturated rings. The van der Waals surface area contributed by atoms with Crippen molar-refractivity contribution in [1.29, 1.82) is 0 Å². The summed E-state index contributed by atoms with van der Waals surface area (Å²) in [7, 11) is 0. The molecule has 1 aromatic carbocycles. The van der Waals surface area contributed by atoms with E-state index in [4.69, 9.17) is 4.74 Å². The SMILES string of the molecule is Cc1ccc(C2CN(C(=O)OC(C)(C)C)C2)cc1C1CC1. The zero-order valence-electron chi connectivity index (χ0n) is 13.5. The van der Waals surface area contributed by atoms with Crippen molar-refractivity contribution in [3.63, 3.8) is 0 Å². The van der Waals surface area contributed by atoms with E-state index in [-0.39, 0.29) is 6.09 Å². The minimum absolute atomic E-state index is 0.187. The molecule has 0 N–H and O–H groups in total. The molecule has 1 amide bonds.